The number of aliphatic hydroxyl groups excluding tert-OH is 2. The van der Waals surface area contributed by atoms with Crippen LogP contribution in [0, 0.1) is 0 Å². The zero-order valence-electron chi connectivity index (χ0n) is 11.4. The third kappa shape index (κ3) is 3.26. The van der Waals surface area contributed by atoms with Crippen molar-refractivity contribution in [2.24, 2.45) is 0 Å². The fraction of sp³-hybridized carbons (Fsp3) is 0.357. The molecule has 114 valence electrons. The van der Waals surface area contributed by atoms with Crippen LogP contribution in [-0.2, 0) is 0 Å². The summed E-state index contributed by atoms with van der Waals surface area (Å²) >= 11 is 0. The fourth-order valence-electron chi connectivity index (χ4n) is 1.82. The lowest BCUT2D eigenvalue weighted by atomic mass is 10.2. The van der Waals surface area contributed by atoms with Gasteiger partial charge in [-0.25, -0.2) is 4.79 Å². The summed E-state index contributed by atoms with van der Waals surface area (Å²) < 4.78 is 15.2. The van der Waals surface area contributed by atoms with Gasteiger partial charge in [-0.2, -0.15) is 0 Å². The van der Waals surface area contributed by atoms with Crippen molar-refractivity contribution in [1.29, 1.82) is 0 Å². The van der Waals surface area contributed by atoms with Gasteiger partial charge < -0.3 is 29.2 Å². The van der Waals surface area contributed by atoms with E-state index >= 15 is 0 Å². The number of aliphatic hydroxyl groups is 2. The molecule has 1 heterocycles. The summed E-state index contributed by atoms with van der Waals surface area (Å²) in [5, 5.41) is 28.1. The first kappa shape index (κ1) is 15.1. The zero-order valence-corrected chi connectivity index (χ0v) is 11.4. The van der Waals surface area contributed by atoms with Gasteiger partial charge in [0.1, 0.15) is 11.3 Å². The van der Waals surface area contributed by atoms with Crippen LogP contribution in [0.25, 0.3) is 11.0 Å². The number of methoxy groups -OCH3 is 1. The SMILES string of the molecule is COc1c(O)c2ccc(OCCC(O)CO)cc2oc1=O. The molecule has 1 unspecified atom stereocenters. The van der Waals surface area contributed by atoms with Gasteiger partial charge in [0.2, 0.25) is 5.75 Å². The number of ether oxygens (including phenoxy) is 2. The quantitative estimate of drug-likeness (QED) is 0.671. The lowest BCUT2D eigenvalue weighted by molar-refractivity contribution is 0.0754. The molecule has 2 aromatic rings. The smallest absolute Gasteiger partial charge is 0.383 e. The van der Waals surface area contributed by atoms with Gasteiger partial charge in [-0.3, -0.25) is 0 Å². The molecule has 0 radical (unpaired) electrons. The van der Waals surface area contributed by atoms with Gasteiger partial charge in [0, 0.05) is 12.5 Å². The molecule has 0 amide bonds. The predicted octanol–water partition coefficient (Wildman–Crippen LogP) is 0.629. The van der Waals surface area contributed by atoms with Crippen molar-refractivity contribution in [2.75, 3.05) is 20.3 Å². The van der Waals surface area contributed by atoms with Crippen molar-refractivity contribution in [2.45, 2.75) is 12.5 Å². The van der Waals surface area contributed by atoms with Gasteiger partial charge in [-0.15, -0.1) is 0 Å². The lowest BCUT2D eigenvalue weighted by Crippen LogP contribution is -2.15. The average Bonchev–Trinajstić information content (AvgIpc) is 2.47. The topological polar surface area (TPSA) is 109 Å². The maximum absolute atomic E-state index is 11.6. The van der Waals surface area contributed by atoms with Gasteiger partial charge >= 0.3 is 5.63 Å². The second-order valence-corrected chi connectivity index (χ2v) is 4.40. The van der Waals surface area contributed by atoms with E-state index in [0.29, 0.717) is 11.1 Å². The van der Waals surface area contributed by atoms with E-state index in [1.54, 1.807) is 6.07 Å². The molecule has 1 aromatic carbocycles. The summed E-state index contributed by atoms with van der Waals surface area (Å²) in [4.78, 5) is 11.6. The second kappa shape index (κ2) is 6.47. The first-order valence-electron chi connectivity index (χ1n) is 6.32. The van der Waals surface area contributed by atoms with Crippen LogP contribution >= 0.6 is 0 Å². The molecule has 0 aliphatic rings. The first-order chi connectivity index (χ1) is 10.1. The van der Waals surface area contributed by atoms with E-state index in [0.717, 1.165) is 0 Å². The summed E-state index contributed by atoms with van der Waals surface area (Å²) in [5.74, 6) is -0.117. The third-order valence-corrected chi connectivity index (χ3v) is 2.95. The Morgan fingerprint density at radius 1 is 1.38 bits per heavy atom. The van der Waals surface area contributed by atoms with Crippen LogP contribution in [0.4, 0.5) is 0 Å². The van der Waals surface area contributed by atoms with Gasteiger partial charge in [-0.05, 0) is 12.1 Å². The Labute approximate surface area is 120 Å². The van der Waals surface area contributed by atoms with Gasteiger partial charge in [-0.1, -0.05) is 0 Å². The number of hydrogen-bond donors (Lipinski definition) is 3. The van der Waals surface area contributed by atoms with E-state index in [4.69, 9.17) is 19.0 Å². The standard InChI is InChI=1S/C14H16O7/c1-19-13-12(17)10-3-2-9(6-11(10)21-14(13)18)20-5-4-8(16)7-15/h2-3,6,8,15-17H,4-5,7H2,1H3. The van der Waals surface area contributed by atoms with Crippen LogP contribution in [0.1, 0.15) is 6.42 Å². The molecule has 0 saturated heterocycles. The number of benzene rings is 1. The molecule has 3 N–H and O–H groups in total. The van der Waals surface area contributed by atoms with Crippen molar-refractivity contribution >= 4 is 11.0 Å². The van der Waals surface area contributed by atoms with E-state index in [1.807, 2.05) is 0 Å². The molecule has 2 rings (SSSR count). The minimum Gasteiger partial charge on any atom is -0.504 e. The Bertz CT molecular complexity index is 677. The molecule has 0 bridgehead atoms. The Morgan fingerprint density at radius 3 is 2.81 bits per heavy atom. The Balaban J connectivity index is 2.24. The Morgan fingerprint density at radius 2 is 2.14 bits per heavy atom. The molecule has 0 fully saturated rings. The van der Waals surface area contributed by atoms with Crippen molar-refractivity contribution in [3.63, 3.8) is 0 Å². The lowest BCUT2D eigenvalue weighted by Gasteiger charge is -2.10. The van der Waals surface area contributed by atoms with E-state index in [-0.39, 0.29) is 36.7 Å². The van der Waals surface area contributed by atoms with Crippen molar-refractivity contribution in [1.82, 2.24) is 0 Å². The highest BCUT2D eigenvalue weighted by Gasteiger charge is 2.14. The van der Waals surface area contributed by atoms with E-state index in [1.165, 1.54) is 19.2 Å². The molecule has 7 heteroatoms. The average molecular weight is 296 g/mol. The molecule has 1 atom stereocenters. The van der Waals surface area contributed by atoms with E-state index in [2.05, 4.69) is 0 Å². The van der Waals surface area contributed by atoms with E-state index in [9.17, 15) is 15.0 Å². The van der Waals surface area contributed by atoms with Crippen LogP contribution in [0.3, 0.4) is 0 Å². The molecule has 0 spiro atoms. The van der Waals surface area contributed by atoms with Gasteiger partial charge in [0.05, 0.1) is 31.8 Å². The number of rotatable bonds is 6. The minimum atomic E-state index is -0.836. The number of aromatic hydroxyl groups is 1. The van der Waals surface area contributed by atoms with E-state index < -0.39 is 11.7 Å². The largest absolute Gasteiger partial charge is 0.504 e. The zero-order chi connectivity index (χ0) is 15.4. The highest BCUT2D eigenvalue weighted by molar-refractivity contribution is 5.86. The predicted molar refractivity (Wildman–Crippen MR) is 73.9 cm³/mol. The second-order valence-electron chi connectivity index (χ2n) is 4.40. The molecule has 0 aliphatic carbocycles. The molecular weight excluding hydrogens is 280 g/mol. The Hall–Kier alpha value is -2.25. The maximum Gasteiger partial charge on any atom is 0.383 e. The number of hydrogen-bond acceptors (Lipinski definition) is 7. The maximum atomic E-state index is 11.6. The third-order valence-electron chi connectivity index (χ3n) is 2.95. The number of fused-ring (bicyclic) bond motifs is 1. The normalized spacial score (nSPS) is 12.3. The summed E-state index contributed by atoms with van der Waals surface area (Å²) in [6.45, 7) is -0.136. The monoisotopic (exact) mass is 296 g/mol. The summed E-state index contributed by atoms with van der Waals surface area (Å²) in [6, 6.07) is 4.59. The molecule has 21 heavy (non-hydrogen) atoms. The molecule has 0 saturated carbocycles. The first-order valence-corrected chi connectivity index (χ1v) is 6.32. The fourth-order valence-corrected chi connectivity index (χ4v) is 1.82. The van der Waals surface area contributed by atoms with Crippen LogP contribution in [0.2, 0.25) is 0 Å². The molecule has 7 nitrogen and oxygen atoms in total. The van der Waals surface area contributed by atoms with Crippen LogP contribution in [0.5, 0.6) is 17.2 Å². The van der Waals surface area contributed by atoms with Crippen LogP contribution < -0.4 is 15.1 Å². The van der Waals surface area contributed by atoms with Gasteiger partial charge in [0.15, 0.2) is 5.75 Å². The van der Waals surface area contributed by atoms with Crippen molar-refractivity contribution in [3.05, 3.63) is 28.6 Å². The summed E-state index contributed by atoms with van der Waals surface area (Å²) in [6.07, 6.45) is -0.566. The van der Waals surface area contributed by atoms with Crippen LogP contribution in [0.15, 0.2) is 27.4 Å². The summed E-state index contributed by atoms with van der Waals surface area (Å²) in [7, 11) is 1.27. The van der Waals surface area contributed by atoms with Crippen LogP contribution in [-0.4, -0.2) is 41.7 Å². The van der Waals surface area contributed by atoms with Crippen molar-refractivity contribution < 1.29 is 29.2 Å². The highest BCUT2D eigenvalue weighted by atomic mass is 16.5. The minimum absolute atomic E-state index is 0.165. The van der Waals surface area contributed by atoms with Crippen molar-refractivity contribution in [3.8, 4) is 17.2 Å². The molecule has 0 aliphatic heterocycles. The molecular formula is C14H16O7. The van der Waals surface area contributed by atoms with Gasteiger partial charge in [0.25, 0.3) is 0 Å². The molecule has 1 aromatic heterocycles. The highest BCUT2D eigenvalue weighted by Crippen LogP contribution is 2.32. The Kier molecular flexibility index (Phi) is 4.66. The summed E-state index contributed by atoms with van der Waals surface area (Å²) in [5.41, 5.74) is -0.617.